The molecule has 0 radical (unpaired) electrons. The highest BCUT2D eigenvalue weighted by molar-refractivity contribution is 6.30. The number of carbonyl (C=O) groups excluding carboxylic acids is 2. The second-order valence-electron chi connectivity index (χ2n) is 5.33. The third-order valence-corrected chi connectivity index (χ3v) is 3.71. The minimum absolute atomic E-state index is 0.0302. The fraction of sp³-hybridized carbons (Fsp3) is 0.0526. The van der Waals surface area contributed by atoms with Gasteiger partial charge in [-0.2, -0.15) is 0 Å². The number of carboxylic acids is 1. The lowest BCUT2D eigenvalue weighted by atomic mass is 10.2. The third kappa shape index (κ3) is 4.43. The number of aromatic carboxylic acids is 1. The highest BCUT2D eigenvalue weighted by atomic mass is 35.5. The average molecular weight is 371 g/mol. The number of carboxylic acid groups (broad SMARTS) is 1. The Kier molecular flexibility index (Phi) is 5.24. The number of hydrogen-bond donors (Lipinski definition) is 1. The molecule has 1 amide bonds. The molecule has 0 aliphatic heterocycles. The molecule has 6 nitrogen and oxygen atoms in total. The smallest absolute Gasteiger partial charge is 0.291 e. The Balaban J connectivity index is 1.58. The van der Waals surface area contributed by atoms with Crippen LogP contribution in [0.2, 0.25) is 5.02 Å². The molecule has 1 aromatic heterocycles. The zero-order valence-electron chi connectivity index (χ0n) is 13.4. The molecule has 0 bridgehead atoms. The summed E-state index contributed by atoms with van der Waals surface area (Å²) in [6.07, 6.45) is 0. The number of amides is 1. The quantitative estimate of drug-likeness (QED) is 0.719. The van der Waals surface area contributed by atoms with Gasteiger partial charge in [-0.25, -0.2) is 0 Å². The van der Waals surface area contributed by atoms with Crippen LogP contribution in [0.3, 0.4) is 0 Å². The van der Waals surface area contributed by atoms with Gasteiger partial charge >= 0.3 is 0 Å². The van der Waals surface area contributed by atoms with Gasteiger partial charge in [0.15, 0.2) is 5.76 Å². The van der Waals surface area contributed by atoms with Crippen molar-refractivity contribution in [3.05, 3.63) is 82.8 Å². The summed E-state index contributed by atoms with van der Waals surface area (Å²) >= 11 is 5.81. The molecule has 7 heteroatoms. The predicted molar refractivity (Wildman–Crippen MR) is 93.2 cm³/mol. The van der Waals surface area contributed by atoms with E-state index in [4.69, 9.17) is 20.8 Å². The SMILES string of the molecule is O=C([O-])c1ccc(NC(=O)c2ccc(COc3ccc(Cl)cc3)o2)cc1. The molecule has 0 unspecified atom stereocenters. The van der Waals surface area contributed by atoms with Gasteiger partial charge in [0.2, 0.25) is 0 Å². The van der Waals surface area contributed by atoms with Crippen molar-refractivity contribution in [1.82, 2.24) is 0 Å². The first-order valence-corrected chi connectivity index (χ1v) is 7.99. The van der Waals surface area contributed by atoms with Gasteiger partial charge in [0, 0.05) is 10.7 Å². The zero-order chi connectivity index (χ0) is 18.5. The number of nitrogens with one attached hydrogen (secondary N) is 1. The van der Waals surface area contributed by atoms with E-state index in [1.165, 1.54) is 30.3 Å². The number of furan rings is 1. The van der Waals surface area contributed by atoms with Crippen LogP contribution in [0.5, 0.6) is 5.75 Å². The molecule has 0 fully saturated rings. The number of ether oxygens (including phenoxy) is 1. The van der Waals surface area contributed by atoms with E-state index in [9.17, 15) is 14.7 Å². The van der Waals surface area contributed by atoms with Crippen LogP contribution >= 0.6 is 11.6 Å². The van der Waals surface area contributed by atoms with Crippen molar-refractivity contribution in [3.63, 3.8) is 0 Å². The van der Waals surface area contributed by atoms with Crippen LogP contribution in [0.25, 0.3) is 0 Å². The van der Waals surface area contributed by atoms with Crippen LogP contribution in [-0.4, -0.2) is 11.9 Å². The molecule has 132 valence electrons. The molecule has 1 heterocycles. The van der Waals surface area contributed by atoms with Gasteiger partial charge in [-0.1, -0.05) is 23.7 Å². The first-order chi connectivity index (χ1) is 12.5. The predicted octanol–water partition coefficient (Wildman–Crippen LogP) is 3.13. The van der Waals surface area contributed by atoms with E-state index in [0.717, 1.165) is 0 Å². The summed E-state index contributed by atoms with van der Waals surface area (Å²) < 4.78 is 11.0. The number of rotatable bonds is 6. The maximum atomic E-state index is 12.2. The van der Waals surface area contributed by atoms with Crippen LogP contribution in [-0.2, 0) is 6.61 Å². The van der Waals surface area contributed by atoms with E-state index in [2.05, 4.69) is 5.32 Å². The molecule has 3 rings (SSSR count). The average Bonchev–Trinajstić information content (AvgIpc) is 3.11. The Labute approximate surface area is 154 Å². The van der Waals surface area contributed by atoms with Crippen LogP contribution in [0.15, 0.2) is 65.1 Å². The number of carbonyl (C=O) groups is 2. The zero-order valence-corrected chi connectivity index (χ0v) is 14.2. The fourth-order valence-corrected chi connectivity index (χ4v) is 2.27. The molecule has 3 aromatic rings. The van der Waals surface area contributed by atoms with E-state index >= 15 is 0 Å². The second-order valence-corrected chi connectivity index (χ2v) is 5.76. The van der Waals surface area contributed by atoms with E-state index in [0.29, 0.717) is 22.2 Å². The van der Waals surface area contributed by atoms with Crippen molar-refractivity contribution < 1.29 is 23.8 Å². The van der Waals surface area contributed by atoms with E-state index < -0.39 is 11.9 Å². The monoisotopic (exact) mass is 370 g/mol. The van der Waals surface area contributed by atoms with Crippen LogP contribution in [0, 0.1) is 0 Å². The Morgan fingerprint density at radius 2 is 1.69 bits per heavy atom. The molecule has 0 aliphatic carbocycles. The van der Waals surface area contributed by atoms with Gasteiger partial charge in [-0.05, 0) is 54.1 Å². The number of benzene rings is 2. The second kappa shape index (κ2) is 7.76. The fourth-order valence-electron chi connectivity index (χ4n) is 2.15. The van der Waals surface area contributed by atoms with Gasteiger partial charge in [0.1, 0.15) is 18.1 Å². The minimum Gasteiger partial charge on any atom is -0.545 e. The highest BCUT2D eigenvalue weighted by Crippen LogP contribution is 2.18. The largest absolute Gasteiger partial charge is 0.545 e. The van der Waals surface area contributed by atoms with Crippen molar-refractivity contribution in [2.75, 3.05) is 5.32 Å². The summed E-state index contributed by atoms with van der Waals surface area (Å²) in [6.45, 7) is 0.162. The first kappa shape index (κ1) is 17.6. The summed E-state index contributed by atoms with van der Waals surface area (Å²) in [5, 5.41) is 13.9. The van der Waals surface area contributed by atoms with Crippen molar-refractivity contribution in [1.29, 1.82) is 0 Å². The minimum atomic E-state index is -1.28. The van der Waals surface area contributed by atoms with E-state index in [-0.39, 0.29) is 17.9 Å². The van der Waals surface area contributed by atoms with Gasteiger partial charge in [-0.3, -0.25) is 4.79 Å². The maximum Gasteiger partial charge on any atom is 0.291 e. The third-order valence-electron chi connectivity index (χ3n) is 3.46. The Morgan fingerprint density at radius 3 is 2.35 bits per heavy atom. The molecular formula is C19H13ClNO5-. The lowest BCUT2D eigenvalue weighted by Gasteiger charge is -2.06. The summed E-state index contributed by atoms with van der Waals surface area (Å²) in [6, 6.07) is 15.7. The summed E-state index contributed by atoms with van der Waals surface area (Å²) in [5.74, 6) is -0.505. The Hall–Kier alpha value is -3.25. The van der Waals surface area contributed by atoms with Gasteiger partial charge in [-0.15, -0.1) is 0 Å². The Morgan fingerprint density at radius 1 is 1.00 bits per heavy atom. The van der Waals surface area contributed by atoms with E-state index in [1.807, 2.05) is 0 Å². The van der Waals surface area contributed by atoms with Crippen molar-refractivity contribution >= 4 is 29.2 Å². The van der Waals surface area contributed by atoms with Crippen molar-refractivity contribution in [2.45, 2.75) is 6.61 Å². The van der Waals surface area contributed by atoms with E-state index in [1.54, 1.807) is 30.3 Å². The van der Waals surface area contributed by atoms with Gasteiger partial charge < -0.3 is 24.4 Å². The first-order valence-electron chi connectivity index (χ1n) is 7.61. The highest BCUT2D eigenvalue weighted by Gasteiger charge is 2.12. The molecule has 0 saturated carbocycles. The van der Waals surface area contributed by atoms with Crippen LogP contribution in [0.1, 0.15) is 26.7 Å². The summed E-state index contributed by atoms with van der Waals surface area (Å²) in [4.78, 5) is 22.9. The molecule has 0 aliphatic rings. The Bertz CT molecular complexity index is 916. The van der Waals surface area contributed by atoms with Crippen LogP contribution < -0.4 is 15.2 Å². The summed E-state index contributed by atoms with van der Waals surface area (Å²) in [7, 11) is 0. The molecule has 0 spiro atoms. The number of anilines is 1. The topological polar surface area (TPSA) is 91.6 Å². The lowest BCUT2D eigenvalue weighted by Crippen LogP contribution is -2.22. The number of halogens is 1. The molecule has 2 aromatic carbocycles. The molecular weight excluding hydrogens is 358 g/mol. The van der Waals surface area contributed by atoms with Gasteiger partial charge in [0.25, 0.3) is 5.91 Å². The maximum absolute atomic E-state index is 12.2. The lowest BCUT2D eigenvalue weighted by molar-refractivity contribution is -0.255. The standard InChI is InChI=1S/C19H14ClNO5/c20-13-3-7-15(8-4-13)25-11-16-9-10-17(26-16)18(22)21-14-5-1-12(2-6-14)19(23)24/h1-10H,11H2,(H,21,22)(H,23,24)/p-1. The molecule has 26 heavy (non-hydrogen) atoms. The van der Waals surface area contributed by atoms with Crippen molar-refractivity contribution in [3.8, 4) is 5.75 Å². The molecule has 0 atom stereocenters. The van der Waals surface area contributed by atoms with Crippen LogP contribution in [0.4, 0.5) is 5.69 Å². The molecule has 1 N–H and O–H groups in total. The summed E-state index contributed by atoms with van der Waals surface area (Å²) in [5.41, 5.74) is 0.470. The van der Waals surface area contributed by atoms with Crippen molar-refractivity contribution in [2.24, 2.45) is 0 Å². The molecule has 0 saturated heterocycles. The number of hydrogen-bond acceptors (Lipinski definition) is 5. The van der Waals surface area contributed by atoms with Gasteiger partial charge in [0.05, 0.1) is 5.97 Å². The normalized spacial score (nSPS) is 10.3.